The first-order valence-electron chi connectivity index (χ1n) is 10.1. The van der Waals surface area contributed by atoms with Gasteiger partial charge in [-0.25, -0.2) is 4.39 Å². The number of nitrogens with zero attached hydrogens (tertiary/aromatic N) is 2. The van der Waals surface area contributed by atoms with Gasteiger partial charge in [0, 0.05) is 24.6 Å². The van der Waals surface area contributed by atoms with Crippen LogP contribution in [-0.2, 0) is 16.1 Å². The van der Waals surface area contributed by atoms with E-state index in [9.17, 15) is 18.8 Å². The van der Waals surface area contributed by atoms with Crippen LogP contribution in [-0.4, -0.2) is 47.8 Å². The molecule has 33 heavy (non-hydrogen) atoms. The van der Waals surface area contributed by atoms with Gasteiger partial charge in [0.25, 0.3) is 5.91 Å². The third-order valence-electron chi connectivity index (χ3n) is 4.64. The zero-order valence-corrected chi connectivity index (χ0v) is 18.0. The zero-order valence-electron chi connectivity index (χ0n) is 18.0. The lowest BCUT2D eigenvalue weighted by molar-refractivity contribution is -0.124. The molecule has 0 atom stereocenters. The van der Waals surface area contributed by atoms with Crippen molar-refractivity contribution in [3.05, 3.63) is 90.0 Å². The Labute approximate surface area is 190 Å². The summed E-state index contributed by atoms with van der Waals surface area (Å²) < 4.78 is 18.3. The topological polar surface area (TPSA) is 101 Å². The predicted molar refractivity (Wildman–Crippen MR) is 120 cm³/mol. The number of anilines is 1. The summed E-state index contributed by atoms with van der Waals surface area (Å²) in [6.07, 6.45) is 2.94. The van der Waals surface area contributed by atoms with Crippen LogP contribution in [0.15, 0.2) is 73.1 Å². The molecule has 0 bridgehead atoms. The number of aromatic nitrogens is 1. The second kappa shape index (κ2) is 11.4. The molecule has 0 fully saturated rings. The van der Waals surface area contributed by atoms with Crippen molar-refractivity contribution in [3.8, 4) is 5.75 Å². The molecule has 0 aliphatic carbocycles. The SMILES string of the molecule is COc1ccc(NC(=O)CNC(=O)CN(Cc2ccc(F)cc2)C(=O)c2cccnc2)cc1. The minimum Gasteiger partial charge on any atom is -0.497 e. The lowest BCUT2D eigenvalue weighted by Crippen LogP contribution is -2.42. The minimum absolute atomic E-state index is 0.0828. The van der Waals surface area contributed by atoms with E-state index >= 15 is 0 Å². The molecule has 0 spiro atoms. The summed E-state index contributed by atoms with van der Waals surface area (Å²) in [6.45, 7) is -0.475. The van der Waals surface area contributed by atoms with Crippen molar-refractivity contribution in [2.45, 2.75) is 6.54 Å². The molecule has 3 aromatic rings. The van der Waals surface area contributed by atoms with Crippen molar-refractivity contribution in [2.24, 2.45) is 0 Å². The van der Waals surface area contributed by atoms with Crippen LogP contribution in [0.3, 0.4) is 0 Å². The monoisotopic (exact) mass is 450 g/mol. The van der Waals surface area contributed by atoms with Crippen molar-refractivity contribution < 1.29 is 23.5 Å². The van der Waals surface area contributed by atoms with Crippen molar-refractivity contribution in [1.29, 1.82) is 0 Å². The summed E-state index contributed by atoms with van der Waals surface area (Å²) in [5.74, 6) is -1.09. The average Bonchev–Trinajstić information content (AvgIpc) is 2.84. The van der Waals surface area contributed by atoms with Gasteiger partial charge in [0.2, 0.25) is 11.8 Å². The smallest absolute Gasteiger partial charge is 0.256 e. The second-order valence-corrected chi connectivity index (χ2v) is 7.08. The van der Waals surface area contributed by atoms with Crippen molar-refractivity contribution in [1.82, 2.24) is 15.2 Å². The van der Waals surface area contributed by atoms with Gasteiger partial charge < -0.3 is 20.3 Å². The molecule has 2 N–H and O–H groups in total. The molecule has 1 aromatic heterocycles. The third kappa shape index (κ3) is 7.13. The molecule has 3 rings (SSSR count). The van der Waals surface area contributed by atoms with E-state index in [2.05, 4.69) is 15.6 Å². The number of rotatable bonds is 9. The van der Waals surface area contributed by atoms with Crippen molar-refractivity contribution in [3.63, 3.8) is 0 Å². The highest BCUT2D eigenvalue weighted by Gasteiger charge is 2.20. The van der Waals surface area contributed by atoms with Gasteiger partial charge in [-0.1, -0.05) is 12.1 Å². The normalized spacial score (nSPS) is 10.2. The molecule has 170 valence electrons. The van der Waals surface area contributed by atoms with Gasteiger partial charge in [0.15, 0.2) is 0 Å². The highest BCUT2D eigenvalue weighted by molar-refractivity contribution is 5.97. The molecule has 1 heterocycles. The number of hydrogen-bond donors (Lipinski definition) is 2. The largest absolute Gasteiger partial charge is 0.497 e. The molecule has 0 saturated heterocycles. The molecule has 2 aromatic carbocycles. The molecule has 8 nitrogen and oxygen atoms in total. The van der Waals surface area contributed by atoms with E-state index in [0.29, 0.717) is 22.6 Å². The van der Waals surface area contributed by atoms with E-state index in [0.717, 1.165) is 0 Å². The van der Waals surface area contributed by atoms with Crippen LogP contribution in [0.4, 0.5) is 10.1 Å². The van der Waals surface area contributed by atoms with Crippen LogP contribution < -0.4 is 15.4 Å². The highest BCUT2D eigenvalue weighted by Crippen LogP contribution is 2.15. The van der Waals surface area contributed by atoms with E-state index in [1.54, 1.807) is 55.6 Å². The van der Waals surface area contributed by atoms with Gasteiger partial charge in [-0.05, 0) is 54.1 Å². The summed E-state index contributed by atoms with van der Waals surface area (Å²) in [5, 5.41) is 5.17. The lowest BCUT2D eigenvalue weighted by Gasteiger charge is -2.22. The number of carbonyl (C=O) groups excluding carboxylic acids is 3. The average molecular weight is 450 g/mol. The molecule has 0 aliphatic rings. The van der Waals surface area contributed by atoms with Crippen LogP contribution in [0.1, 0.15) is 15.9 Å². The lowest BCUT2D eigenvalue weighted by atomic mass is 10.2. The fourth-order valence-electron chi connectivity index (χ4n) is 2.97. The van der Waals surface area contributed by atoms with Gasteiger partial charge in [-0.15, -0.1) is 0 Å². The summed E-state index contributed by atoms with van der Waals surface area (Å²) in [5.41, 5.74) is 1.52. The summed E-state index contributed by atoms with van der Waals surface area (Å²) >= 11 is 0. The van der Waals surface area contributed by atoms with Gasteiger partial charge in [-0.2, -0.15) is 0 Å². The molecule has 0 aliphatic heterocycles. The van der Waals surface area contributed by atoms with Gasteiger partial charge in [0.1, 0.15) is 18.1 Å². The summed E-state index contributed by atoms with van der Waals surface area (Å²) in [6, 6.07) is 15.6. The van der Waals surface area contributed by atoms with Crippen LogP contribution in [0.2, 0.25) is 0 Å². The number of methoxy groups -OCH3 is 1. The number of halogens is 1. The minimum atomic E-state index is -0.515. The van der Waals surface area contributed by atoms with Gasteiger partial charge >= 0.3 is 0 Å². The van der Waals surface area contributed by atoms with E-state index in [4.69, 9.17) is 4.74 Å². The number of nitrogens with one attached hydrogen (secondary N) is 2. The first kappa shape index (κ1) is 23.4. The zero-order chi connectivity index (χ0) is 23.6. The number of benzene rings is 2. The van der Waals surface area contributed by atoms with E-state index in [1.165, 1.54) is 29.4 Å². The first-order chi connectivity index (χ1) is 15.9. The van der Waals surface area contributed by atoms with Crippen LogP contribution >= 0.6 is 0 Å². The number of carbonyl (C=O) groups is 3. The highest BCUT2D eigenvalue weighted by atomic mass is 19.1. The fraction of sp³-hybridized carbons (Fsp3) is 0.167. The fourth-order valence-corrected chi connectivity index (χ4v) is 2.97. The standard InChI is InChI=1S/C24H23FN4O4/c1-33-21-10-8-20(9-11-21)28-22(30)14-27-23(31)16-29(15-17-4-6-19(25)7-5-17)24(32)18-3-2-12-26-13-18/h2-13H,14-16H2,1H3,(H,27,31)(H,28,30). The Balaban J connectivity index is 1.60. The number of amides is 3. The molecule has 9 heteroatoms. The Morgan fingerprint density at radius 3 is 2.36 bits per heavy atom. The molecular formula is C24H23FN4O4. The number of ether oxygens (including phenoxy) is 1. The third-order valence-corrected chi connectivity index (χ3v) is 4.64. The maximum Gasteiger partial charge on any atom is 0.256 e. The Morgan fingerprint density at radius 1 is 1.00 bits per heavy atom. The van der Waals surface area contributed by atoms with Crippen molar-refractivity contribution in [2.75, 3.05) is 25.5 Å². The Kier molecular flexibility index (Phi) is 8.07. The molecular weight excluding hydrogens is 427 g/mol. The number of pyridine rings is 1. The van der Waals surface area contributed by atoms with Crippen LogP contribution in [0, 0.1) is 5.82 Å². The van der Waals surface area contributed by atoms with Gasteiger partial charge in [-0.3, -0.25) is 19.4 Å². The summed E-state index contributed by atoms with van der Waals surface area (Å²) in [7, 11) is 1.54. The number of hydrogen-bond acceptors (Lipinski definition) is 5. The molecule has 0 unspecified atom stereocenters. The maximum atomic E-state index is 13.2. The molecule has 3 amide bonds. The van der Waals surface area contributed by atoms with Crippen LogP contribution in [0.5, 0.6) is 5.75 Å². The van der Waals surface area contributed by atoms with E-state index in [1.807, 2.05) is 0 Å². The predicted octanol–water partition coefficient (Wildman–Crippen LogP) is 2.63. The quantitative estimate of drug-likeness (QED) is 0.522. The van der Waals surface area contributed by atoms with Crippen molar-refractivity contribution >= 4 is 23.4 Å². The Hall–Kier alpha value is -4.27. The Morgan fingerprint density at radius 2 is 1.73 bits per heavy atom. The van der Waals surface area contributed by atoms with E-state index in [-0.39, 0.29) is 19.6 Å². The maximum absolute atomic E-state index is 13.2. The second-order valence-electron chi connectivity index (χ2n) is 7.08. The molecule has 0 radical (unpaired) electrons. The molecule has 0 saturated carbocycles. The van der Waals surface area contributed by atoms with E-state index < -0.39 is 23.5 Å². The van der Waals surface area contributed by atoms with Crippen LogP contribution in [0.25, 0.3) is 0 Å². The first-order valence-corrected chi connectivity index (χ1v) is 10.1. The Bertz CT molecular complexity index is 1090. The summed E-state index contributed by atoms with van der Waals surface area (Å²) in [4.78, 5) is 42.8. The van der Waals surface area contributed by atoms with Gasteiger partial charge in [0.05, 0.1) is 19.2 Å².